The van der Waals surface area contributed by atoms with Gasteiger partial charge in [0.2, 0.25) is 0 Å². The zero-order valence-electron chi connectivity index (χ0n) is 9.91. The summed E-state index contributed by atoms with van der Waals surface area (Å²) in [7, 11) is 0. The van der Waals surface area contributed by atoms with Crippen molar-refractivity contribution in [1.29, 1.82) is 0 Å². The highest BCUT2D eigenvalue weighted by molar-refractivity contribution is 4.77. The molecule has 2 atom stereocenters. The van der Waals surface area contributed by atoms with E-state index in [1.807, 2.05) is 0 Å². The fraction of sp³-hybridized carbons (Fsp3) is 1.00. The largest absolute Gasteiger partial charge is 0.395 e. The molecule has 0 saturated carbocycles. The van der Waals surface area contributed by atoms with Crippen molar-refractivity contribution in [2.45, 2.75) is 32.4 Å². The zero-order valence-corrected chi connectivity index (χ0v) is 9.91. The lowest BCUT2D eigenvalue weighted by molar-refractivity contribution is -0.00717. The molecular weight excluding hydrogens is 192 g/mol. The van der Waals surface area contributed by atoms with E-state index in [4.69, 9.17) is 4.74 Å². The van der Waals surface area contributed by atoms with Crippen LogP contribution in [0.4, 0.5) is 0 Å². The zero-order chi connectivity index (χ0) is 11.1. The maximum atomic E-state index is 9.25. The first-order valence-electron chi connectivity index (χ1n) is 5.94. The fourth-order valence-corrected chi connectivity index (χ4v) is 1.85. The van der Waals surface area contributed by atoms with Crippen LogP contribution in [0.25, 0.3) is 0 Å². The summed E-state index contributed by atoms with van der Waals surface area (Å²) in [6.45, 7) is 9.02. The van der Waals surface area contributed by atoms with Crippen LogP contribution in [-0.2, 0) is 4.74 Å². The standard InChI is InChI=1S/C11H24N2O2/c1-3-4-12-11(8-14)7-13-5-6-15-9-10(13)2/h10-12,14H,3-9H2,1-2H3. The third-order valence-electron chi connectivity index (χ3n) is 2.86. The SMILES string of the molecule is CCCNC(CO)CN1CCOCC1C. The Morgan fingerprint density at radius 3 is 3.00 bits per heavy atom. The molecule has 0 amide bonds. The van der Waals surface area contributed by atoms with E-state index in [-0.39, 0.29) is 12.6 Å². The summed E-state index contributed by atoms with van der Waals surface area (Å²) in [6, 6.07) is 0.668. The van der Waals surface area contributed by atoms with Crippen LogP contribution in [0.3, 0.4) is 0 Å². The Kier molecular flexibility index (Phi) is 6.17. The molecular formula is C11H24N2O2. The normalized spacial score (nSPS) is 25.4. The van der Waals surface area contributed by atoms with Gasteiger partial charge in [-0.2, -0.15) is 0 Å². The van der Waals surface area contributed by atoms with Gasteiger partial charge < -0.3 is 15.2 Å². The molecule has 0 aromatic rings. The van der Waals surface area contributed by atoms with E-state index < -0.39 is 0 Å². The Morgan fingerprint density at radius 2 is 2.40 bits per heavy atom. The van der Waals surface area contributed by atoms with Gasteiger partial charge in [-0.15, -0.1) is 0 Å². The number of morpholine rings is 1. The van der Waals surface area contributed by atoms with Crippen LogP contribution in [0.1, 0.15) is 20.3 Å². The Hall–Kier alpha value is -0.160. The Morgan fingerprint density at radius 1 is 1.60 bits per heavy atom. The quantitative estimate of drug-likeness (QED) is 0.659. The molecule has 1 fully saturated rings. The lowest BCUT2D eigenvalue weighted by Crippen LogP contribution is -2.51. The van der Waals surface area contributed by atoms with Crippen LogP contribution in [0, 0.1) is 0 Å². The average molecular weight is 216 g/mol. The Balaban J connectivity index is 2.29. The summed E-state index contributed by atoms with van der Waals surface area (Å²) in [6.07, 6.45) is 1.11. The molecule has 0 spiro atoms. The third kappa shape index (κ3) is 4.47. The molecule has 4 heteroatoms. The van der Waals surface area contributed by atoms with Crippen LogP contribution >= 0.6 is 0 Å². The molecule has 0 aromatic carbocycles. The highest BCUT2D eigenvalue weighted by Gasteiger charge is 2.21. The number of hydrogen-bond donors (Lipinski definition) is 2. The van der Waals surface area contributed by atoms with Crippen molar-refractivity contribution < 1.29 is 9.84 Å². The summed E-state index contributed by atoms with van der Waals surface area (Å²) in [5.41, 5.74) is 0. The van der Waals surface area contributed by atoms with E-state index in [0.717, 1.165) is 39.3 Å². The minimum Gasteiger partial charge on any atom is -0.395 e. The number of aliphatic hydroxyl groups excluding tert-OH is 1. The molecule has 1 aliphatic heterocycles. The van der Waals surface area contributed by atoms with E-state index in [2.05, 4.69) is 24.1 Å². The fourth-order valence-electron chi connectivity index (χ4n) is 1.85. The molecule has 4 nitrogen and oxygen atoms in total. The molecule has 90 valence electrons. The minimum absolute atomic E-state index is 0.200. The highest BCUT2D eigenvalue weighted by atomic mass is 16.5. The molecule has 0 aliphatic carbocycles. The topological polar surface area (TPSA) is 44.7 Å². The first-order valence-corrected chi connectivity index (χ1v) is 5.94. The van der Waals surface area contributed by atoms with E-state index >= 15 is 0 Å². The van der Waals surface area contributed by atoms with E-state index in [9.17, 15) is 5.11 Å². The Bertz CT molecular complexity index is 167. The average Bonchev–Trinajstić information content (AvgIpc) is 2.26. The summed E-state index contributed by atoms with van der Waals surface area (Å²) in [5.74, 6) is 0. The van der Waals surface area contributed by atoms with Gasteiger partial charge in [0.25, 0.3) is 0 Å². The monoisotopic (exact) mass is 216 g/mol. The lowest BCUT2D eigenvalue weighted by Gasteiger charge is -2.35. The van der Waals surface area contributed by atoms with Crippen molar-refractivity contribution in [2.75, 3.05) is 39.5 Å². The smallest absolute Gasteiger partial charge is 0.0619 e. The first-order chi connectivity index (χ1) is 7.27. The summed E-state index contributed by atoms with van der Waals surface area (Å²) in [5, 5.41) is 12.6. The van der Waals surface area contributed by atoms with Gasteiger partial charge in [-0.3, -0.25) is 4.90 Å². The predicted octanol–water partition coefficient (Wildman–Crippen LogP) is 0.0676. The maximum absolute atomic E-state index is 9.25. The minimum atomic E-state index is 0.200. The third-order valence-corrected chi connectivity index (χ3v) is 2.86. The molecule has 2 N–H and O–H groups in total. The van der Waals surface area contributed by atoms with Gasteiger partial charge in [-0.1, -0.05) is 6.92 Å². The summed E-state index contributed by atoms with van der Waals surface area (Å²) < 4.78 is 5.38. The van der Waals surface area contributed by atoms with Gasteiger partial charge >= 0.3 is 0 Å². The second-order valence-corrected chi connectivity index (χ2v) is 4.25. The van der Waals surface area contributed by atoms with Crippen molar-refractivity contribution in [3.05, 3.63) is 0 Å². The number of hydrogen-bond acceptors (Lipinski definition) is 4. The van der Waals surface area contributed by atoms with Crippen LogP contribution < -0.4 is 5.32 Å². The van der Waals surface area contributed by atoms with E-state index in [1.165, 1.54) is 0 Å². The molecule has 15 heavy (non-hydrogen) atoms. The number of rotatable bonds is 6. The van der Waals surface area contributed by atoms with Crippen molar-refractivity contribution in [1.82, 2.24) is 10.2 Å². The maximum Gasteiger partial charge on any atom is 0.0619 e. The molecule has 0 bridgehead atoms. The van der Waals surface area contributed by atoms with Crippen molar-refractivity contribution in [2.24, 2.45) is 0 Å². The molecule has 0 radical (unpaired) electrons. The summed E-state index contributed by atoms with van der Waals surface area (Å²) >= 11 is 0. The van der Waals surface area contributed by atoms with Crippen LogP contribution in [0.15, 0.2) is 0 Å². The van der Waals surface area contributed by atoms with Crippen LogP contribution in [0.5, 0.6) is 0 Å². The molecule has 1 heterocycles. The van der Waals surface area contributed by atoms with Crippen molar-refractivity contribution in [3.63, 3.8) is 0 Å². The van der Waals surface area contributed by atoms with Gasteiger partial charge in [0.15, 0.2) is 0 Å². The molecule has 2 unspecified atom stereocenters. The van der Waals surface area contributed by atoms with Gasteiger partial charge in [-0.05, 0) is 19.9 Å². The number of nitrogens with zero attached hydrogens (tertiary/aromatic N) is 1. The Labute approximate surface area is 92.6 Å². The number of aliphatic hydroxyl groups is 1. The van der Waals surface area contributed by atoms with Gasteiger partial charge in [0.05, 0.1) is 19.8 Å². The predicted molar refractivity (Wildman–Crippen MR) is 61.0 cm³/mol. The van der Waals surface area contributed by atoms with E-state index in [1.54, 1.807) is 0 Å². The molecule has 1 aliphatic rings. The van der Waals surface area contributed by atoms with Crippen molar-refractivity contribution in [3.8, 4) is 0 Å². The second kappa shape index (κ2) is 7.17. The van der Waals surface area contributed by atoms with E-state index in [0.29, 0.717) is 6.04 Å². The molecule has 1 saturated heterocycles. The van der Waals surface area contributed by atoms with Crippen molar-refractivity contribution >= 4 is 0 Å². The summed E-state index contributed by atoms with van der Waals surface area (Å²) in [4.78, 5) is 2.38. The molecule has 0 aromatic heterocycles. The second-order valence-electron chi connectivity index (χ2n) is 4.25. The first kappa shape index (κ1) is 12.9. The van der Waals surface area contributed by atoms with Gasteiger partial charge in [-0.25, -0.2) is 0 Å². The highest BCUT2D eigenvalue weighted by Crippen LogP contribution is 2.06. The van der Waals surface area contributed by atoms with Gasteiger partial charge in [0, 0.05) is 25.2 Å². The number of nitrogens with one attached hydrogen (secondary N) is 1. The molecule has 1 rings (SSSR count). The lowest BCUT2D eigenvalue weighted by atomic mass is 10.2. The van der Waals surface area contributed by atoms with Gasteiger partial charge in [0.1, 0.15) is 0 Å². The number of ether oxygens (including phenoxy) is 1. The van der Waals surface area contributed by atoms with Crippen LogP contribution in [-0.4, -0.2) is 61.5 Å². The van der Waals surface area contributed by atoms with Crippen LogP contribution in [0.2, 0.25) is 0 Å².